The average Bonchev–Trinajstić information content (AvgIpc) is 2.71. The van der Waals surface area contributed by atoms with Gasteiger partial charge in [0.05, 0.1) is 39.0 Å². The lowest BCUT2D eigenvalue weighted by molar-refractivity contribution is -0.117. The van der Waals surface area contributed by atoms with Crippen LogP contribution in [0.3, 0.4) is 0 Å². The first-order chi connectivity index (χ1) is 13.7. The first-order valence-electron chi connectivity index (χ1n) is 8.91. The third kappa shape index (κ3) is 5.32. The number of nitrogens with zero attached hydrogens (tertiary/aromatic N) is 1. The molecule has 0 bridgehead atoms. The number of ether oxygens (including phenoxy) is 3. The van der Waals surface area contributed by atoms with E-state index in [1.165, 1.54) is 21.3 Å². The van der Waals surface area contributed by atoms with Gasteiger partial charge in [-0.3, -0.25) is 9.10 Å². The summed E-state index contributed by atoms with van der Waals surface area (Å²) in [4.78, 5) is 13.0. The molecule has 0 spiro atoms. The van der Waals surface area contributed by atoms with Crippen molar-refractivity contribution < 1.29 is 27.4 Å². The zero-order valence-corrected chi connectivity index (χ0v) is 17.9. The maximum atomic E-state index is 13.0. The molecular weight excluding hydrogens is 396 g/mol. The molecule has 0 radical (unpaired) electrons. The summed E-state index contributed by atoms with van der Waals surface area (Å²) in [7, 11) is 0.737. The van der Waals surface area contributed by atoms with E-state index >= 15 is 0 Å². The van der Waals surface area contributed by atoms with E-state index in [2.05, 4.69) is 5.32 Å². The molecule has 9 heteroatoms. The van der Waals surface area contributed by atoms with Crippen LogP contribution in [0.2, 0.25) is 0 Å². The number of nitrogens with one attached hydrogen (secondary N) is 1. The quantitative estimate of drug-likeness (QED) is 0.668. The molecule has 8 nitrogen and oxygen atoms in total. The van der Waals surface area contributed by atoms with E-state index in [-0.39, 0.29) is 6.42 Å². The summed E-state index contributed by atoms with van der Waals surface area (Å²) >= 11 is 0. The number of sulfonamides is 1. The molecule has 0 fully saturated rings. The Balaban J connectivity index is 2.41. The molecule has 0 saturated carbocycles. The Bertz CT molecular complexity index is 961. The highest BCUT2D eigenvalue weighted by Crippen LogP contribution is 2.31. The molecule has 0 aliphatic rings. The van der Waals surface area contributed by atoms with E-state index in [4.69, 9.17) is 14.2 Å². The van der Waals surface area contributed by atoms with E-state index in [1.54, 1.807) is 49.4 Å². The Morgan fingerprint density at radius 3 is 2.24 bits per heavy atom. The molecule has 0 unspecified atom stereocenters. The van der Waals surface area contributed by atoms with Crippen molar-refractivity contribution in [1.82, 2.24) is 0 Å². The number of hydrogen-bond acceptors (Lipinski definition) is 6. The van der Waals surface area contributed by atoms with Crippen molar-refractivity contribution in [3.8, 4) is 17.2 Å². The van der Waals surface area contributed by atoms with Gasteiger partial charge in [0.15, 0.2) is 0 Å². The minimum atomic E-state index is -3.75. The van der Waals surface area contributed by atoms with E-state index in [9.17, 15) is 13.2 Å². The van der Waals surface area contributed by atoms with Gasteiger partial charge >= 0.3 is 0 Å². The van der Waals surface area contributed by atoms with Crippen molar-refractivity contribution in [3.05, 3.63) is 42.5 Å². The van der Waals surface area contributed by atoms with Crippen molar-refractivity contribution in [1.29, 1.82) is 0 Å². The maximum Gasteiger partial charge on any atom is 0.248 e. The minimum Gasteiger partial charge on any atom is -0.497 e. The Labute approximate surface area is 171 Å². The van der Waals surface area contributed by atoms with Crippen LogP contribution in [0.1, 0.15) is 13.3 Å². The van der Waals surface area contributed by atoms with Gasteiger partial charge in [0.25, 0.3) is 0 Å². The molecule has 2 rings (SSSR count). The van der Waals surface area contributed by atoms with Crippen LogP contribution >= 0.6 is 0 Å². The van der Waals surface area contributed by atoms with Crippen LogP contribution in [0.15, 0.2) is 42.5 Å². The molecule has 0 saturated heterocycles. The molecule has 0 aliphatic carbocycles. The van der Waals surface area contributed by atoms with Gasteiger partial charge in [-0.25, -0.2) is 8.42 Å². The molecule has 1 atom stereocenters. The number of anilines is 2. The second-order valence-corrected chi connectivity index (χ2v) is 8.10. The topological polar surface area (TPSA) is 94.2 Å². The number of benzene rings is 2. The fourth-order valence-electron chi connectivity index (χ4n) is 2.93. The summed E-state index contributed by atoms with van der Waals surface area (Å²) in [6, 6.07) is 10.5. The van der Waals surface area contributed by atoms with Crippen molar-refractivity contribution in [2.75, 3.05) is 37.2 Å². The highest BCUT2D eigenvalue weighted by Gasteiger charge is 2.32. The second kappa shape index (κ2) is 9.51. The molecule has 0 aliphatic heterocycles. The maximum absolute atomic E-state index is 13.0. The summed E-state index contributed by atoms with van der Waals surface area (Å²) in [6.45, 7) is 1.74. The molecular formula is C20H26N2O6S. The number of rotatable bonds is 9. The summed E-state index contributed by atoms with van der Waals surface area (Å²) in [6.07, 6.45) is 1.32. The fourth-order valence-corrected chi connectivity index (χ4v) is 4.13. The van der Waals surface area contributed by atoms with E-state index < -0.39 is 22.0 Å². The van der Waals surface area contributed by atoms with Gasteiger partial charge in [-0.1, -0.05) is 13.0 Å². The summed E-state index contributed by atoms with van der Waals surface area (Å²) < 4.78 is 41.9. The van der Waals surface area contributed by atoms with E-state index in [0.717, 1.165) is 10.6 Å². The minimum absolute atomic E-state index is 0.259. The summed E-state index contributed by atoms with van der Waals surface area (Å²) in [5, 5.41) is 2.76. The monoisotopic (exact) mass is 422 g/mol. The van der Waals surface area contributed by atoms with Crippen molar-refractivity contribution >= 4 is 27.3 Å². The Morgan fingerprint density at radius 1 is 1.03 bits per heavy atom. The Kier molecular flexibility index (Phi) is 7.33. The number of carbonyl (C=O) groups is 1. The molecule has 1 N–H and O–H groups in total. The molecule has 1 amide bonds. The first-order valence-corrected chi connectivity index (χ1v) is 10.8. The SMILES string of the molecule is CC[C@H](C(=O)Nc1ccc(OC)cc1OC)N(c1cccc(OC)c1)S(C)(=O)=O. The average molecular weight is 423 g/mol. The van der Waals surface area contributed by atoms with Gasteiger partial charge in [-0.2, -0.15) is 0 Å². The summed E-state index contributed by atoms with van der Waals surface area (Å²) in [5.74, 6) is 0.980. The van der Waals surface area contributed by atoms with E-state index in [0.29, 0.717) is 28.6 Å². The lowest BCUT2D eigenvalue weighted by Crippen LogP contribution is -2.47. The normalized spacial score (nSPS) is 12.0. The van der Waals surface area contributed by atoms with E-state index in [1.807, 2.05) is 0 Å². The lowest BCUT2D eigenvalue weighted by atomic mass is 10.1. The molecule has 0 heterocycles. The second-order valence-electron chi connectivity index (χ2n) is 6.24. The van der Waals surface area contributed by atoms with Crippen LogP contribution in [0.5, 0.6) is 17.2 Å². The molecule has 0 aromatic heterocycles. The van der Waals surface area contributed by atoms with Crippen LogP contribution in [-0.4, -0.2) is 48.0 Å². The first kappa shape index (κ1) is 22.4. The van der Waals surface area contributed by atoms with Crippen molar-refractivity contribution in [2.24, 2.45) is 0 Å². The van der Waals surface area contributed by atoms with Gasteiger partial charge in [0, 0.05) is 12.1 Å². The van der Waals surface area contributed by atoms with Gasteiger partial charge in [0.2, 0.25) is 15.9 Å². The molecule has 158 valence electrons. The van der Waals surface area contributed by atoms with Gasteiger partial charge in [-0.05, 0) is 30.7 Å². The molecule has 29 heavy (non-hydrogen) atoms. The van der Waals surface area contributed by atoms with Crippen LogP contribution in [0.4, 0.5) is 11.4 Å². The number of carbonyl (C=O) groups excluding carboxylic acids is 1. The number of amides is 1. The standard InChI is InChI=1S/C20H26N2O6S/c1-6-18(20(23)21-17-11-10-16(27-3)13-19(17)28-4)22(29(5,24)25)14-8-7-9-15(12-14)26-2/h7-13,18H,6H2,1-5H3,(H,21,23)/t18-/m1/s1. The van der Waals surface area contributed by atoms with Gasteiger partial charge < -0.3 is 19.5 Å². The Morgan fingerprint density at radius 2 is 1.69 bits per heavy atom. The van der Waals surface area contributed by atoms with Crippen molar-refractivity contribution in [2.45, 2.75) is 19.4 Å². The Hall–Kier alpha value is -2.94. The third-order valence-corrected chi connectivity index (χ3v) is 5.48. The van der Waals surface area contributed by atoms with Crippen LogP contribution < -0.4 is 23.8 Å². The number of methoxy groups -OCH3 is 3. The van der Waals surface area contributed by atoms with Crippen LogP contribution in [0.25, 0.3) is 0 Å². The zero-order chi connectivity index (χ0) is 21.6. The summed E-state index contributed by atoms with van der Waals surface area (Å²) in [5.41, 5.74) is 0.756. The van der Waals surface area contributed by atoms with Crippen LogP contribution in [-0.2, 0) is 14.8 Å². The molecule has 2 aromatic carbocycles. The van der Waals surface area contributed by atoms with Crippen LogP contribution in [0, 0.1) is 0 Å². The largest absolute Gasteiger partial charge is 0.497 e. The third-order valence-electron chi connectivity index (χ3n) is 4.30. The fraction of sp³-hybridized carbons (Fsp3) is 0.350. The highest BCUT2D eigenvalue weighted by atomic mass is 32.2. The highest BCUT2D eigenvalue weighted by molar-refractivity contribution is 7.92. The lowest BCUT2D eigenvalue weighted by Gasteiger charge is -2.30. The van der Waals surface area contributed by atoms with Gasteiger partial charge in [-0.15, -0.1) is 0 Å². The predicted molar refractivity (Wildman–Crippen MR) is 113 cm³/mol. The molecule has 2 aromatic rings. The predicted octanol–water partition coefficient (Wildman–Crippen LogP) is 2.90. The van der Waals surface area contributed by atoms with Crippen molar-refractivity contribution in [3.63, 3.8) is 0 Å². The van der Waals surface area contributed by atoms with Gasteiger partial charge in [0.1, 0.15) is 23.3 Å². The number of hydrogen-bond donors (Lipinski definition) is 1. The zero-order valence-electron chi connectivity index (χ0n) is 17.1. The smallest absolute Gasteiger partial charge is 0.248 e.